The molecule has 3 rings (SSSR count). The van der Waals surface area contributed by atoms with Gasteiger partial charge in [0.25, 0.3) is 5.91 Å². The maximum Gasteiger partial charge on any atom is 0.265 e. The summed E-state index contributed by atoms with van der Waals surface area (Å²) in [4.78, 5) is 14.3. The van der Waals surface area contributed by atoms with Crippen molar-refractivity contribution >= 4 is 40.3 Å². The Morgan fingerprint density at radius 1 is 1.07 bits per heavy atom. The van der Waals surface area contributed by atoms with E-state index < -0.39 is 0 Å². The van der Waals surface area contributed by atoms with E-state index in [0.29, 0.717) is 22.4 Å². The van der Waals surface area contributed by atoms with Crippen LogP contribution in [0.15, 0.2) is 59.5 Å². The highest BCUT2D eigenvalue weighted by Crippen LogP contribution is 2.33. The van der Waals surface area contributed by atoms with Gasteiger partial charge >= 0.3 is 0 Å². The molecule has 27 heavy (non-hydrogen) atoms. The Morgan fingerprint density at radius 2 is 1.74 bits per heavy atom. The number of para-hydroxylation sites is 2. The van der Waals surface area contributed by atoms with Gasteiger partial charge in [0.15, 0.2) is 0 Å². The first kappa shape index (κ1) is 19.5. The van der Waals surface area contributed by atoms with Crippen LogP contribution in [-0.2, 0) is 4.79 Å². The van der Waals surface area contributed by atoms with E-state index in [9.17, 15) is 4.79 Å². The third kappa shape index (κ3) is 5.11. The molecule has 2 aromatic carbocycles. The molecule has 1 aliphatic rings. The number of benzene rings is 2. The molecule has 0 spiro atoms. The zero-order valence-electron chi connectivity index (χ0n) is 15.3. The number of amides is 1. The van der Waals surface area contributed by atoms with E-state index in [2.05, 4.69) is 6.92 Å². The van der Waals surface area contributed by atoms with E-state index in [1.807, 2.05) is 60.7 Å². The number of rotatable bonds is 7. The third-order valence-electron chi connectivity index (χ3n) is 3.99. The van der Waals surface area contributed by atoms with Crippen LogP contribution in [0.5, 0.6) is 11.5 Å². The summed E-state index contributed by atoms with van der Waals surface area (Å²) in [5, 5.41) is 0. The van der Waals surface area contributed by atoms with Gasteiger partial charge in [0.2, 0.25) is 0 Å². The van der Waals surface area contributed by atoms with E-state index in [-0.39, 0.29) is 11.8 Å². The second-order valence-corrected chi connectivity index (χ2v) is 7.99. The topological polar surface area (TPSA) is 38.8 Å². The standard InChI is InChI=1S/C21H21NO3S2/c1-15(13-24-17-9-4-3-5-10-17)14-25-18-11-7-6-8-16(18)12-19-20(23)22(2)21(26)27-19/h3-12,15H,13-14H2,1-2H3/b19-12-/t15-/m0/s1. The van der Waals surface area contributed by atoms with Gasteiger partial charge in [-0.15, -0.1) is 0 Å². The lowest BCUT2D eigenvalue weighted by atomic mass is 10.1. The lowest BCUT2D eigenvalue weighted by Crippen LogP contribution is -2.22. The van der Waals surface area contributed by atoms with Gasteiger partial charge in [-0.1, -0.05) is 67.3 Å². The average molecular weight is 400 g/mol. The molecule has 0 aliphatic carbocycles. The van der Waals surface area contributed by atoms with Crippen LogP contribution in [0.2, 0.25) is 0 Å². The largest absolute Gasteiger partial charge is 0.493 e. The van der Waals surface area contributed by atoms with Crippen molar-refractivity contribution in [1.29, 1.82) is 0 Å². The molecule has 0 N–H and O–H groups in total. The van der Waals surface area contributed by atoms with E-state index in [1.54, 1.807) is 7.05 Å². The minimum atomic E-state index is -0.0792. The van der Waals surface area contributed by atoms with Gasteiger partial charge in [-0.25, -0.2) is 0 Å². The monoisotopic (exact) mass is 399 g/mol. The highest BCUT2D eigenvalue weighted by molar-refractivity contribution is 8.26. The van der Waals surface area contributed by atoms with Gasteiger partial charge in [0.1, 0.15) is 15.8 Å². The molecule has 2 aromatic rings. The van der Waals surface area contributed by atoms with Crippen molar-refractivity contribution in [3.63, 3.8) is 0 Å². The molecule has 4 nitrogen and oxygen atoms in total. The molecule has 1 amide bonds. The number of hydrogen-bond acceptors (Lipinski definition) is 5. The van der Waals surface area contributed by atoms with Crippen LogP contribution >= 0.6 is 24.0 Å². The molecule has 1 saturated heterocycles. The minimum absolute atomic E-state index is 0.0792. The normalized spacial score (nSPS) is 16.7. The quantitative estimate of drug-likeness (QED) is 0.502. The summed E-state index contributed by atoms with van der Waals surface area (Å²) in [5.41, 5.74) is 0.864. The summed E-state index contributed by atoms with van der Waals surface area (Å²) in [7, 11) is 1.69. The molecule has 1 atom stereocenters. The lowest BCUT2D eigenvalue weighted by Gasteiger charge is -2.15. The van der Waals surface area contributed by atoms with Crippen LogP contribution in [0.25, 0.3) is 6.08 Å². The Bertz CT molecular complexity index is 852. The SMILES string of the molecule is C[C@@H](COc1ccccc1)COc1ccccc1/C=C1\SC(=S)N(C)C1=O. The first-order chi connectivity index (χ1) is 13.0. The molecule has 1 heterocycles. The fraction of sp³-hybridized carbons (Fsp3) is 0.238. The molecular formula is C21H21NO3S2. The van der Waals surface area contributed by atoms with E-state index in [0.717, 1.165) is 17.1 Å². The van der Waals surface area contributed by atoms with Crippen molar-refractivity contribution in [2.75, 3.05) is 20.3 Å². The van der Waals surface area contributed by atoms with Crippen molar-refractivity contribution < 1.29 is 14.3 Å². The number of nitrogens with zero attached hydrogens (tertiary/aromatic N) is 1. The van der Waals surface area contributed by atoms with Crippen molar-refractivity contribution in [3.05, 3.63) is 65.1 Å². The van der Waals surface area contributed by atoms with Gasteiger partial charge in [-0.3, -0.25) is 9.69 Å². The lowest BCUT2D eigenvalue weighted by molar-refractivity contribution is -0.121. The predicted octanol–water partition coefficient (Wildman–Crippen LogP) is 4.61. The molecule has 1 aliphatic heterocycles. The van der Waals surface area contributed by atoms with Gasteiger partial charge in [0.05, 0.1) is 18.1 Å². The van der Waals surface area contributed by atoms with Crippen LogP contribution in [-0.4, -0.2) is 35.4 Å². The molecule has 0 aromatic heterocycles. The number of carbonyl (C=O) groups is 1. The molecule has 0 radical (unpaired) electrons. The van der Waals surface area contributed by atoms with Crippen LogP contribution in [0.3, 0.4) is 0 Å². The smallest absolute Gasteiger partial charge is 0.265 e. The maximum absolute atomic E-state index is 12.2. The predicted molar refractivity (Wildman–Crippen MR) is 114 cm³/mol. The van der Waals surface area contributed by atoms with Crippen molar-refractivity contribution in [2.24, 2.45) is 5.92 Å². The van der Waals surface area contributed by atoms with E-state index in [1.165, 1.54) is 16.7 Å². The van der Waals surface area contributed by atoms with Crippen LogP contribution in [0.1, 0.15) is 12.5 Å². The van der Waals surface area contributed by atoms with Gasteiger partial charge in [-0.2, -0.15) is 0 Å². The van der Waals surface area contributed by atoms with Crippen LogP contribution in [0.4, 0.5) is 0 Å². The Morgan fingerprint density at radius 3 is 2.44 bits per heavy atom. The molecule has 0 bridgehead atoms. The molecule has 6 heteroatoms. The fourth-order valence-corrected chi connectivity index (χ4v) is 3.62. The van der Waals surface area contributed by atoms with Crippen molar-refractivity contribution in [1.82, 2.24) is 4.90 Å². The maximum atomic E-state index is 12.2. The number of likely N-dealkylation sites (N-methyl/N-ethyl adjacent to an activating group) is 1. The summed E-state index contributed by atoms with van der Waals surface area (Å²) in [6.45, 7) is 3.17. The van der Waals surface area contributed by atoms with Crippen LogP contribution < -0.4 is 9.47 Å². The molecule has 0 unspecified atom stereocenters. The summed E-state index contributed by atoms with van der Waals surface area (Å²) >= 11 is 6.49. The zero-order chi connectivity index (χ0) is 19.2. The summed E-state index contributed by atoms with van der Waals surface area (Å²) < 4.78 is 12.3. The first-order valence-electron chi connectivity index (χ1n) is 8.66. The van der Waals surface area contributed by atoms with Crippen molar-refractivity contribution in [3.8, 4) is 11.5 Å². The molecular weight excluding hydrogens is 378 g/mol. The number of thioether (sulfide) groups is 1. The number of hydrogen-bond donors (Lipinski definition) is 0. The Hall–Kier alpha value is -2.31. The number of thiocarbonyl (C=S) groups is 1. The summed E-state index contributed by atoms with van der Waals surface area (Å²) in [6.07, 6.45) is 1.84. The Labute approximate surface area is 169 Å². The number of ether oxygens (including phenoxy) is 2. The highest BCUT2D eigenvalue weighted by Gasteiger charge is 2.28. The van der Waals surface area contributed by atoms with Gasteiger partial charge in [-0.05, 0) is 24.3 Å². The Balaban J connectivity index is 1.61. The van der Waals surface area contributed by atoms with E-state index >= 15 is 0 Å². The molecule has 140 valence electrons. The van der Waals surface area contributed by atoms with Gasteiger partial charge < -0.3 is 9.47 Å². The second kappa shape index (κ2) is 9.06. The fourth-order valence-electron chi connectivity index (χ4n) is 2.45. The van der Waals surface area contributed by atoms with E-state index in [4.69, 9.17) is 21.7 Å². The highest BCUT2D eigenvalue weighted by atomic mass is 32.2. The second-order valence-electron chi connectivity index (χ2n) is 6.32. The van der Waals surface area contributed by atoms with Gasteiger partial charge in [0, 0.05) is 18.5 Å². The Kier molecular flexibility index (Phi) is 6.53. The number of carbonyl (C=O) groups excluding carboxylic acids is 1. The zero-order valence-corrected chi connectivity index (χ0v) is 16.9. The molecule has 0 saturated carbocycles. The summed E-state index contributed by atoms with van der Waals surface area (Å²) in [6, 6.07) is 17.4. The molecule has 1 fully saturated rings. The summed E-state index contributed by atoms with van der Waals surface area (Å²) in [5.74, 6) is 1.73. The minimum Gasteiger partial charge on any atom is -0.493 e. The average Bonchev–Trinajstić information content (AvgIpc) is 2.93. The first-order valence-corrected chi connectivity index (χ1v) is 9.88. The third-order valence-corrected chi connectivity index (χ3v) is 5.48. The van der Waals surface area contributed by atoms with Crippen LogP contribution in [0, 0.1) is 5.92 Å². The van der Waals surface area contributed by atoms with Crippen molar-refractivity contribution in [2.45, 2.75) is 6.92 Å².